The topological polar surface area (TPSA) is 55.4 Å². The molecule has 1 aromatic carbocycles. The van der Waals surface area contributed by atoms with E-state index in [4.69, 9.17) is 18.1 Å². The van der Waals surface area contributed by atoms with Crippen LogP contribution in [0.3, 0.4) is 0 Å². The van der Waals surface area contributed by atoms with Crippen LogP contribution in [0.15, 0.2) is 168 Å². The van der Waals surface area contributed by atoms with Crippen LogP contribution in [0.25, 0.3) is 0 Å². The summed E-state index contributed by atoms with van der Waals surface area (Å²) in [5, 5.41) is 0. The number of allylic oxidation sites excluding steroid dienone is 12. The molecular weight excluding hydrogens is 822 g/mol. The molecule has 0 aliphatic rings. The van der Waals surface area contributed by atoms with Crippen molar-refractivity contribution < 1.29 is 18.1 Å². The van der Waals surface area contributed by atoms with Crippen LogP contribution in [0.1, 0.15) is 0 Å². The third-order valence-corrected chi connectivity index (χ3v) is 14.9. The maximum absolute atomic E-state index is 6.07. The van der Waals surface area contributed by atoms with Crippen molar-refractivity contribution in [2.75, 3.05) is 0 Å². The molecule has 0 heterocycles. The van der Waals surface area contributed by atoms with Gasteiger partial charge in [-0.1, -0.05) is 0 Å². The average Bonchev–Trinajstić information content (AvgIpc) is 2.95. The fourth-order valence-corrected chi connectivity index (χ4v) is 14.7. The Hall–Kier alpha value is -2.65. The second-order valence-corrected chi connectivity index (χ2v) is 18.9. The molecular formula is C30H33O6Sb3. The third-order valence-electron chi connectivity index (χ3n) is 3.75. The van der Waals surface area contributed by atoms with Crippen LogP contribution in [0, 0.1) is 0 Å². The van der Waals surface area contributed by atoms with Gasteiger partial charge in [-0.2, -0.15) is 0 Å². The zero-order valence-corrected chi connectivity index (χ0v) is 29.3. The molecule has 0 amide bonds. The van der Waals surface area contributed by atoms with Gasteiger partial charge in [0.1, 0.15) is 0 Å². The molecule has 0 fully saturated rings. The van der Waals surface area contributed by atoms with Gasteiger partial charge in [-0.25, -0.2) is 0 Å². The maximum atomic E-state index is 6.07. The molecule has 39 heavy (non-hydrogen) atoms. The Morgan fingerprint density at radius 2 is 0.538 bits per heavy atom. The van der Waals surface area contributed by atoms with E-state index in [-0.39, 0.29) is 0 Å². The molecule has 0 radical (unpaired) electrons. The van der Waals surface area contributed by atoms with Crippen LogP contribution >= 0.6 is 0 Å². The first-order valence-corrected chi connectivity index (χ1v) is 21.4. The van der Waals surface area contributed by atoms with Gasteiger partial charge in [0.2, 0.25) is 0 Å². The van der Waals surface area contributed by atoms with Gasteiger partial charge < -0.3 is 0 Å². The van der Waals surface area contributed by atoms with E-state index in [1.54, 1.807) is 110 Å². The first-order valence-electron chi connectivity index (χ1n) is 11.4. The predicted octanol–water partition coefficient (Wildman–Crippen LogP) is 5.07. The zero-order valence-electron chi connectivity index (χ0n) is 21.7. The normalized spacial score (nSPS) is 11.8. The van der Waals surface area contributed by atoms with Crippen molar-refractivity contribution in [3.63, 3.8) is 0 Å². The van der Waals surface area contributed by atoms with Gasteiger partial charge in [0, 0.05) is 0 Å². The second kappa shape index (κ2) is 23.3. The van der Waals surface area contributed by atoms with Crippen LogP contribution < -0.4 is 10.5 Å². The molecule has 0 N–H and O–H groups in total. The Bertz CT molecular complexity index is 907. The van der Waals surface area contributed by atoms with Gasteiger partial charge in [0.25, 0.3) is 0 Å². The molecule has 9 heteroatoms. The molecule has 0 spiro atoms. The van der Waals surface area contributed by atoms with E-state index in [1.165, 1.54) is 0 Å². The first-order chi connectivity index (χ1) is 19.1. The summed E-state index contributed by atoms with van der Waals surface area (Å²) in [5.74, 6) is 0. The van der Waals surface area contributed by atoms with Crippen LogP contribution in [-0.2, 0) is 18.1 Å². The number of rotatable bonds is 21. The summed E-state index contributed by atoms with van der Waals surface area (Å²) in [4.78, 5) is 0. The fraction of sp³-hybridized carbons (Fsp3) is 0. The SMILES string of the molecule is C=CC=C[O][Sb]([O]C=CC=C)[c]1c[c]([Sb]([O]C=CC=C)[O]C=CC=C)c[c]([Sb]([O]C=CC=C)[O]C=CC=C)c1. The van der Waals surface area contributed by atoms with Crippen LogP contribution in [-0.4, -0.2) is 63.2 Å². The van der Waals surface area contributed by atoms with Gasteiger partial charge >= 0.3 is 260 Å². The molecule has 0 aliphatic heterocycles. The summed E-state index contributed by atoms with van der Waals surface area (Å²) in [6.45, 7) is 22.2. The van der Waals surface area contributed by atoms with Crippen LogP contribution in [0.5, 0.6) is 0 Å². The summed E-state index contributed by atoms with van der Waals surface area (Å²) >= 11 is -9.11. The second-order valence-electron chi connectivity index (χ2n) is 6.50. The van der Waals surface area contributed by atoms with E-state index >= 15 is 0 Å². The van der Waals surface area contributed by atoms with E-state index in [9.17, 15) is 0 Å². The number of benzene rings is 1. The Balaban J connectivity index is 3.76. The molecule has 6 nitrogen and oxygen atoms in total. The van der Waals surface area contributed by atoms with Crippen molar-refractivity contribution in [2.24, 2.45) is 0 Å². The fourth-order valence-electron chi connectivity index (χ4n) is 2.21. The molecule has 0 unspecified atom stereocenters. The van der Waals surface area contributed by atoms with Gasteiger partial charge in [-0.05, 0) is 0 Å². The quantitative estimate of drug-likeness (QED) is 0.0980. The van der Waals surface area contributed by atoms with Crippen LogP contribution in [0.4, 0.5) is 0 Å². The molecule has 0 atom stereocenters. The summed E-state index contributed by atoms with van der Waals surface area (Å²) in [7, 11) is 0. The van der Waals surface area contributed by atoms with Crippen molar-refractivity contribution in [3.05, 3.63) is 168 Å². The molecule has 0 bridgehead atoms. The number of hydrogen-bond donors (Lipinski definition) is 0. The Labute approximate surface area is 257 Å². The standard InChI is InChI=1S/C6H3.6C4H6O.3Sb/c1-2-4-6-5-3-1;6*1-2-3-4-5;;;/h1,4-5H;6*2-5H,1H2;;;/q;;;;;;;3*+2/p-6. The Morgan fingerprint density at radius 1 is 0.359 bits per heavy atom. The Kier molecular flexibility index (Phi) is 20.5. The van der Waals surface area contributed by atoms with Crippen molar-refractivity contribution in [2.45, 2.75) is 0 Å². The molecule has 204 valence electrons. The van der Waals surface area contributed by atoms with Gasteiger partial charge in [-0.3, -0.25) is 0 Å². The van der Waals surface area contributed by atoms with E-state index in [0.717, 1.165) is 10.5 Å². The van der Waals surface area contributed by atoms with Crippen molar-refractivity contribution >= 4 is 73.7 Å². The number of hydrogen-bond acceptors (Lipinski definition) is 6. The summed E-state index contributed by atoms with van der Waals surface area (Å²) in [6, 6.07) is 6.04. The van der Waals surface area contributed by atoms with Crippen LogP contribution in [0.2, 0.25) is 0 Å². The first kappa shape index (κ1) is 34.4. The molecule has 1 aromatic rings. The molecule has 0 saturated carbocycles. The van der Waals surface area contributed by atoms with E-state index in [0.29, 0.717) is 0 Å². The Morgan fingerprint density at radius 3 is 0.692 bits per heavy atom. The van der Waals surface area contributed by atoms with Crippen molar-refractivity contribution in [1.29, 1.82) is 0 Å². The van der Waals surface area contributed by atoms with Crippen molar-refractivity contribution in [3.8, 4) is 0 Å². The zero-order chi connectivity index (χ0) is 28.6. The molecule has 0 aromatic heterocycles. The summed E-state index contributed by atoms with van der Waals surface area (Å²) in [6.07, 6.45) is 29.6. The minimum absolute atomic E-state index is 0.886. The molecule has 1 rings (SSSR count). The van der Waals surface area contributed by atoms with Crippen molar-refractivity contribution in [1.82, 2.24) is 0 Å². The summed E-state index contributed by atoms with van der Waals surface area (Å²) in [5.41, 5.74) is 0. The average molecular weight is 855 g/mol. The summed E-state index contributed by atoms with van der Waals surface area (Å²) < 4.78 is 39.1. The van der Waals surface area contributed by atoms with E-state index < -0.39 is 63.2 Å². The molecule has 0 aliphatic carbocycles. The van der Waals surface area contributed by atoms with Gasteiger partial charge in [0.05, 0.1) is 0 Å². The molecule has 0 saturated heterocycles. The monoisotopic (exact) mass is 852 g/mol. The van der Waals surface area contributed by atoms with E-state index in [1.807, 2.05) is 18.2 Å². The van der Waals surface area contributed by atoms with Gasteiger partial charge in [-0.15, -0.1) is 0 Å². The third kappa shape index (κ3) is 14.9. The minimum atomic E-state index is -3.04. The predicted molar refractivity (Wildman–Crippen MR) is 165 cm³/mol. The van der Waals surface area contributed by atoms with Gasteiger partial charge in [0.15, 0.2) is 0 Å². The van der Waals surface area contributed by atoms with E-state index in [2.05, 4.69) is 39.5 Å².